The van der Waals surface area contributed by atoms with Crippen molar-refractivity contribution in [3.05, 3.63) is 72.2 Å². The van der Waals surface area contributed by atoms with Crippen LogP contribution in [-0.2, 0) is 13.1 Å². The summed E-state index contributed by atoms with van der Waals surface area (Å²) in [5.74, 6) is 1.40. The maximum absolute atomic E-state index is 4.62. The fraction of sp³-hybridized carbons (Fsp3) is 0.300. The Hall–Kier alpha value is -3.06. The molecule has 0 aliphatic carbocycles. The van der Waals surface area contributed by atoms with Crippen LogP contribution in [0.15, 0.2) is 60.9 Å². The van der Waals surface area contributed by atoms with E-state index < -0.39 is 0 Å². The molecule has 0 radical (unpaired) electrons. The van der Waals surface area contributed by atoms with Gasteiger partial charge in [-0.15, -0.1) is 5.10 Å². The molecule has 0 spiro atoms. The van der Waals surface area contributed by atoms with Gasteiger partial charge < -0.3 is 10.2 Å². The maximum atomic E-state index is 4.62. The van der Waals surface area contributed by atoms with Gasteiger partial charge in [-0.3, -0.25) is 9.88 Å². The van der Waals surface area contributed by atoms with Crippen molar-refractivity contribution < 1.29 is 0 Å². The van der Waals surface area contributed by atoms with Crippen LogP contribution in [0.1, 0.15) is 11.3 Å². The summed E-state index contributed by atoms with van der Waals surface area (Å²) in [5, 5.41) is 11.6. The maximum Gasteiger partial charge on any atom is 0.247 e. The predicted octanol–water partition coefficient (Wildman–Crippen LogP) is 2.20. The molecule has 138 valence electrons. The minimum Gasteiger partial charge on any atom is -0.363 e. The van der Waals surface area contributed by atoms with E-state index in [0.717, 1.165) is 44.2 Å². The van der Waals surface area contributed by atoms with Crippen LogP contribution in [0.5, 0.6) is 0 Å². The van der Waals surface area contributed by atoms with Crippen molar-refractivity contribution in [1.82, 2.24) is 25.1 Å². The van der Waals surface area contributed by atoms with E-state index >= 15 is 0 Å². The predicted molar refractivity (Wildman–Crippen MR) is 105 cm³/mol. The molecule has 1 saturated heterocycles. The molecule has 3 heterocycles. The third-order valence-corrected chi connectivity index (χ3v) is 4.63. The Morgan fingerprint density at radius 3 is 2.52 bits per heavy atom. The minimum atomic E-state index is 0.615. The van der Waals surface area contributed by atoms with Gasteiger partial charge in [-0.2, -0.15) is 10.1 Å². The molecule has 7 nitrogen and oxygen atoms in total. The largest absolute Gasteiger partial charge is 0.363 e. The van der Waals surface area contributed by atoms with Gasteiger partial charge in [0.15, 0.2) is 5.82 Å². The number of pyridine rings is 1. The Morgan fingerprint density at radius 2 is 1.74 bits per heavy atom. The van der Waals surface area contributed by atoms with Crippen molar-refractivity contribution in [1.29, 1.82) is 0 Å². The highest BCUT2D eigenvalue weighted by molar-refractivity contribution is 5.39. The van der Waals surface area contributed by atoms with Crippen LogP contribution < -0.4 is 10.2 Å². The summed E-state index contributed by atoms with van der Waals surface area (Å²) in [7, 11) is 0. The molecule has 0 atom stereocenters. The fourth-order valence-electron chi connectivity index (χ4n) is 3.14. The summed E-state index contributed by atoms with van der Waals surface area (Å²) in [6.07, 6.45) is 3.44. The van der Waals surface area contributed by atoms with Crippen LogP contribution in [0.4, 0.5) is 11.8 Å². The molecule has 3 aromatic rings. The molecule has 4 rings (SSSR count). The second kappa shape index (κ2) is 8.55. The molecular formula is C20H23N7. The lowest BCUT2D eigenvalue weighted by atomic mass is 10.2. The summed E-state index contributed by atoms with van der Waals surface area (Å²) in [6.45, 7) is 5.38. The second-order valence-corrected chi connectivity index (χ2v) is 6.57. The van der Waals surface area contributed by atoms with Gasteiger partial charge in [0.2, 0.25) is 5.95 Å². The van der Waals surface area contributed by atoms with Gasteiger partial charge in [-0.25, -0.2) is 0 Å². The van der Waals surface area contributed by atoms with Crippen LogP contribution in [0.3, 0.4) is 0 Å². The zero-order chi connectivity index (χ0) is 18.3. The van der Waals surface area contributed by atoms with E-state index in [2.05, 4.69) is 65.6 Å². The molecule has 0 saturated carbocycles. The Labute approximate surface area is 159 Å². The van der Waals surface area contributed by atoms with E-state index in [-0.39, 0.29) is 0 Å². The van der Waals surface area contributed by atoms with Crippen LogP contribution in [-0.4, -0.2) is 51.2 Å². The zero-order valence-corrected chi connectivity index (χ0v) is 15.2. The third kappa shape index (κ3) is 4.77. The van der Waals surface area contributed by atoms with Crippen LogP contribution in [0, 0.1) is 0 Å². The molecule has 1 aliphatic heterocycles. The summed E-state index contributed by atoms with van der Waals surface area (Å²) in [6, 6.07) is 16.5. The number of benzene rings is 1. The number of anilines is 2. The van der Waals surface area contributed by atoms with Crippen molar-refractivity contribution in [3.8, 4) is 0 Å². The van der Waals surface area contributed by atoms with Crippen molar-refractivity contribution in [3.63, 3.8) is 0 Å². The van der Waals surface area contributed by atoms with Gasteiger partial charge in [0.1, 0.15) is 0 Å². The first-order valence-electron chi connectivity index (χ1n) is 9.21. The molecule has 27 heavy (non-hydrogen) atoms. The van der Waals surface area contributed by atoms with Gasteiger partial charge in [-0.05, 0) is 17.7 Å². The number of hydrogen-bond donors (Lipinski definition) is 1. The van der Waals surface area contributed by atoms with Gasteiger partial charge in [0, 0.05) is 38.9 Å². The monoisotopic (exact) mass is 361 g/mol. The number of nitrogens with one attached hydrogen (secondary N) is 1. The van der Waals surface area contributed by atoms with Gasteiger partial charge in [0.05, 0.1) is 18.4 Å². The second-order valence-electron chi connectivity index (χ2n) is 6.57. The Kier molecular flexibility index (Phi) is 5.50. The van der Waals surface area contributed by atoms with Crippen LogP contribution in [0.25, 0.3) is 0 Å². The standard InChI is InChI=1S/C20H23N7/c1-2-6-17(7-3-1)16-26-10-12-27(13-11-26)20-24-19(15-23-25-20)22-14-18-8-4-5-9-21-18/h1-9,15H,10-14,16H2,(H,22,24,25). The smallest absolute Gasteiger partial charge is 0.247 e. The molecule has 0 bridgehead atoms. The van der Waals surface area contributed by atoms with E-state index in [1.807, 2.05) is 18.2 Å². The summed E-state index contributed by atoms with van der Waals surface area (Å²) in [4.78, 5) is 13.6. The topological polar surface area (TPSA) is 70.1 Å². The molecule has 1 fully saturated rings. The van der Waals surface area contributed by atoms with Crippen LogP contribution >= 0.6 is 0 Å². The highest BCUT2D eigenvalue weighted by atomic mass is 15.4. The lowest BCUT2D eigenvalue weighted by Gasteiger charge is -2.34. The van der Waals surface area contributed by atoms with Crippen LogP contribution in [0.2, 0.25) is 0 Å². The molecule has 1 aromatic carbocycles. The van der Waals surface area contributed by atoms with Gasteiger partial charge in [-0.1, -0.05) is 36.4 Å². The SMILES string of the molecule is c1ccc(CN2CCN(c3nncc(NCc4ccccn4)n3)CC2)cc1. The van der Waals surface area contributed by atoms with E-state index in [9.17, 15) is 0 Å². The Bertz CT molecular complexity index is 833. The molecule has 1 N–H and O–H groups in total. The Balaban J connectivity index is 1.32. The quantitative estimate of drug-likeness (QED) is 0.722. The average molecular weight is 361 g/mol. The number of aromatic nitrogens is 4. The number of nitrogens with zero attached hydrogens (tertiary/aromatic N) is 6. The van der Waals surface area contributed by atoms with E-state index in [4.69, 9.17) is 0 Å². The van der Waals surface area contributed by atoms with Gasteiger partial charge >= 0.3 is 0 Å². The minimum absolute atomic E-state index is 0.615. The van der Waals surface area contributed by atoms with Crippen molar-refractivity contribution in [2.75, 3.05) is 36.4 Å². The first-order chi connectivity index (χ1) is 13.4. The number of rotatable bonds is 6. The average Bonchev–Trinajstić information content (AvgIpc) is 2.75. The fourth-order valence-corrected chi connectivity index (χ4v) is 3.14. The van der Waals surface area contributed by atoms with E-state index in [1.54, 1.807) is 12.4 Å². The molecule has 2 aromatic heterocycles. The lowest BCUT2D eigenvalue weighted by molar-refractivity contribution is 0.248. The molecular weight excluding hydrogens is 338 g/mol. The first kappa shape index (κ1) is 17.4. The zero-order valence-electron chi connectivity index (χ0n) is 15.2. The van der Waals surface area contributed by atoms with Crippen molar-refractivity contribution in [2.45, 2.75) is 13.1 Å². The highest BCUT2D eigenvalue weighted by Crippen LogP contribution is 2.14. The first-order valence-corrected chi connectivity index (χ1v) is 9.21. The highest BCUT2D eigenvalue weighted by Gasteiger charge is 2.19. The summed E-state index contributed by atoms with van der Waals surface area (Å²) in [5.41, 5.74) is 2.32. The molecule has 7 heteroatoms. The van der Waals surface area contributed by atoms with Crippen molar-refractivity contribution >= 4 is 11.8 Å². The Morgan fingerprint density at radius 1 is 0.926 bits per heavy atom. The summed E-state index contributed by atoms with van der Waals surface area (Å²) >= 11 is 0. The normalized spacial score (nSPS) is 14.9. The number of hydrogen-bond acceptors (Lipinski definition) is 7. The molecule has 0 amide bonds. The third-order valence-electron chi connectivity index (χ3n) is 4.63. The van der Waals surface area contributed by atoms with Gasteiger partial charge in [0.25, 0.3) is 0 Å². The molecule has 0 unspecified atom stereocenters. The van der Waals surface area contributed by atoms with Crippen molar-refractivity contribution in [2.24, 2.45) is 0 Å². The molecule has 1 aliphatic rings. The van der Waals surface area contributed by atoms with E-state index in [0.29, 0.717) is 12.5 Å². The number of piperazine rings is 1. The lowest BCUT2D eigenvalue weighted by Crippen LogP contribution is -2.46. The van der Waals surface area contributed by atoms with E-state index in [1.165, 1.54) is 5.56 Å². The summed E-state index contributed by atoms with van der Waals surface area (Å²) < 4.78 is 0.